The average Bonchev–Trinajstić information content (AvgIpc) is 3.52. The molecule has 33 heavy (non-hydrogen) atoms. The highest BCUT2D eigenvalue weighted by Crippen LogP contribution is 2.41. The van der Waals surface area contributed by atoms with Crippen molar-refractivity contribution >= 4 is 16.8 Å². The number of H-pyrrole nitrogens is 1. The number of fused-ring (bicyclic) bond motifs is 1. The number of nitrogens with zero attached hydrogens (tertiary/aromatic N) is 4. The molecule has 6 nitrogen and oxygen atoms in total. The molecule has 1 aromatic carbocycles. The van der Waals surface area contributed by atoms with Crippen molar-refractivity contribution in [3.63, 3.8) is 0 Å². The number of carbonyl (C=O) groups is 1. The molecule has 1 aliphatic carbocycles. The van der Waals surface area contributed by atoms with E-state index in [-0.39, 0.29) is 11.8 Å². The van der Waals surface area contributed by atoms with Crippen molar-refractivity contribution in [2.45, 2.75) is 44.4 Å². The van der Waals surface area contributed by atoms with Gasteiger partial charge in [-0.1, -0.05) is 11.6 Å². The third kappa shape index (κ3) is 3.63. The highest BCUT2D eigenvalue weighted by atomic mass is 16.2. The lowest BCUT2D eigenvalue weighted by molar-refractivity contribution is 0.0695. The van der Waals surface area contributed by atoms with Crippen LogP contribution < -0.4 is 0 Å². The quantitative estimate of drug-likeness (QED) is 0.477. The predicted molar refractivity (Wildman–Crippen MR) is 129 cm³/mol. The molecule has 1 saturated heterocycles. The number of benzene rings is 1. The van der Waals surface area contributed by atoms with Crippen LogP contribution in [0, 0.1) is 6.92 Å². The number of piperidine rings is 1. The van der Waals surface area contributed by atoms with Crippen LogP contribution in [0.5, 0.6) is 0 Å². The van der Waals surface area contributed by atoms with Crippen LogP contribution in [-0.2, 0) is 7.05 Å². The van der Waals surface area contributed by atoms with E-state index in [4.69, 9.17) is 0 Å². The summed E-state index contributed by atoms with van der Waals surface area (Å²) in [6, 6.07) is 12.7. The molecule has 1 aliphatic heterocycles. The van der Waals surface area contributed by atoms with Gasteiger partial charge in [0.25, 0.3) is 5.91 Å². The average molecular weight is 440 g/mol. The van der Waals surface area contributed by atoms with Crippen LogP contribution in [-0.4, -0.2) is 43.6 Å². The summed E-state index contributed by atoms with van der Waals surface area (Å²) >= 11 is 0. The van der Waals surface area contributed by atoms with E-state index in [2.05, 4.69) is 52.3 Å². The number of hydrogen-bond donors (Lipinski definition) is 1. The van der Waals surface area contributed by atoms with E-state index in [0.29, 0.717) is 18.2 Å². The normalized spacial score (nSPS) is 18.7. The van der Waals surface area contributed by atoms with Crippen LogP contribution >= 0.6 is 0 Å². The summed E-state index contributed by atoms with van der Waals surface area (Å²) in [4.78, 5) is 23.4. The molecular weight excluding hydrogens is 410 g/mol. The fourth-order valence-corrected chi connectivity index (χ4v) is 5.29. The minimum Gasteiger partial charge on any atom is -0.358 e. The molecule has 1 atom stereocenters. The number of hydrogen-bond acceptors (Lipinski definition) is 3. The van der Waals surface area contributed by atoms with Crippen molar-refractivity contribution in [1.29, 1.82) is 0 Å². The highest BCUT2D eigenvalue weighted by molar-refractivity contribution is 5.98. The molecule has 6 heteroatoms. The maximum Gasteiger partial charge on any atom is 0.272 e. The number of nitrogens with one attached hydrogen (secondary N) is 1. The number of aromatic nitrogens is 4. The molecule has 0 bridgehead atoms. The van der Waals surface area contributed by atoms with Crippen LogP contribution in [0.25, 0.3) is 22.0 Å². The molecule has 0 unspecified atom stereocenters. The molecule has 2 fully saturated rings. The zero-order chi connectivity index (χ0) is 22.5. The van der Waals surface area contributed by atoms with Gasteiger partial charge in [0, 0.05) is 66.5 Å². The van der Waals surface area contributed by atoms with E-state index in [1.807, 2.05) is 30.4 Å². The highest BCUT2D eigenvalue weighted by Gasteiger charge is 2.32. The Morgan fingerprint density at radius 2 is 1.88 bits per heavy atom. The van der Waals surface area contributed by atoms with Gasteiger partial charge in [-0.05, 0) is 68.5 Å². The van der Waals surface area contributed by atoms with Gasteiger partial charge >= 0.3 is 0 Å². The Labute approximate surface area is 193 Å². The molecule has 0 radical (unpaired) electrons. The molecule has 6 rings (SSSR count). The van der Waals surface area contributed by atoms with Crippen LogP contribution in [0.3, 0.4) is 0 Å². The van der Waals surface area contributed by atoms with Gasteiger partial charge in [0.15, 0.2) is 0 Å². The Kier molecular flexibility index (Phi) is 4.82. The van der Waals surface area contributed by atoms with Crippen molar-refractivity contribution in [2.75, 3.05) is 13.1 Å². The molecule has 0 spiro atoms. The third-order valence-corrected chi connectivity index (χ3v) is 7.18. The lowest BCUT2D eigenvalue weighted by atomic mass is 9.89. The first-order chi connectivity index (χ1) is 16.1. The minimum absolute atomic E-state index is 0.0963. The van der Waals surface area contributed by atoms with E-state index in [1.54, 1.807) is 4.68 Å². The number of carbonyl (C=O) groups excluding carboxylic acids is 1. The maximum atomic E-state index is 13.5. The predicted octanol–water partition coefficient (Wildman–Crippen LogP) is 5.17. The molecule has 4 aromatic rings. The Morgan fingerprint density at radius 3 is 2.67 bits per heavy atom. The van der Waals surface area contributed by atoms with Crippen LogP contribution in [0.15, 0.2) is 48.8 Å². The van der Waals surface area contributed by atoms with Crippen LogP contribution in [0.4, 0.5) is 0 Å². The summed E-state index contributed by atoms with van der Waals surface area (Å²) in [6.45, 7) is 3.64. The van der Waals surface area contributed by atoms with E-state index >= 15 is 0 Å². The van der Waals surface area contributed by atoms with E-state index in [1.165, 1.54) is 40.6 Å². The van der Waals surface area contributed by atoms with Crippen molar-refractivity contribution in [2.24, 2.45) is 7.05 Å². The number of aryl methyl sites for hydroxylation is 2. The Balaban J connectivity index is 1.35. The number of rotatable bonds is 4. The third-order valence-electron chi connectivity index (χ3n) is 7.18. The van der Waals surface area contributed by atoms with E-state index in [0.717, 1.165) is 30.6 Å². The van der Waals surface area contributed by atoms with E-state index < -0.39 is 0 Å². The molecule has 1 amide bonds. The lowest BCUT2D eigenvalue weighted by Gasteiger charge is -2.33. The number of likely N-dealkylation sites (tertiary alicyclic amines) is 1. The fraction of sp³-hybridized carbons (Fsp3) is 0.370. The standard InChI is InChI=1S/C27H29N5O/c1-17-5-8-22-21(14-17)25(19-9-11-28-12-10-19)26(29-22)20-4-3-13-32(16-20)27(33)24-15-23(18-6-7-18)30-31(24)2/h5,8-12,14-15,18,20,29H,3-4,6-7,13,16H2,1-2H3/t20-/m0/s1. The number of aromatic amines is 1. The van der Waals surface area contributed by atoms with Gasteiger partial charge in [-0.3, -0.25) is 14.5 Å². The summed E-state index contributed by atoms with van der Waals surface area (Å²) < 4.78 is 1.77. The monoisotopic (exact) mass is 439 g/mol. The van der Waals surface area contributed by atoms with Gasteiger partial charge in [-0.15, -0.1) is 0 Å². The Morgan fingerprint density at radius 1 is 1.06 bits per heavy atom. The summed E-state index contributed by atoms with van der Waals surface area (Å²) in [5, 5.41) is 5.85. The maximum absolute atomic E-state index is 13.5. The smallest absolute Gasteiger partial charge is 0.272 e. The minimum atomic E-state index is 0.0963. The van der Waals surface area contributed by atoms with Gasteiger partial charge in [-0.25, -0.2) is 0 Å². The second-order valence-corrected chi connectivity index (χ2v) is 9.64. The van der Waals surface area contributed by atoms with Crippen molar-refractivity contribution in [1.82, 2.24) is 24.6 Å². The summed E-state index contributed by atoms with van der Waals surface area (Å²) in [5.41, 5.74) is 7.80. The molecule has 1 N–H and O–H groups in total. The zero-order valence-electron chi connectivity index (χ0n) is 19.2. The molecular formula is C27H29N5O. The molecule has 3 aromatic heterocycles. The fourth-order valence-electron chi connectivity index (χ4n) is 5.29. The lowest BCUT2D eigenvalue weighted by Crippen LogP contribution is -2.40. The first kappa shape index (κ1) is 20.2. The van der Waals surface area contributed by atoms with Gasteiger partial charge in [0.2, 0.25) is 0 Å². The van der Waals surface area contributed by atoms with Gasteiger partial charge in [0.05, 0.1) is 5.69 Å². The number of amides is 1. The van der Waals surface area contributed by atoms with Crippen LogP contribution in [0.1, 0.15) is 65.0 Å². The van der Waals surface area contributed by atoms with Crippen LogP contribution in [0.2, 0.25) is 0 Å². The van der Waals surface area contributed by atoms with Crippen molar-refractivity contribution < 1.29 is 4.79 Å². The largest absolute Gasteiger partial charge is 0.358 e. The number of pyridine rings is 1. The molecule has 1 saturated carbocycles. The summed E-state index contributed by atoms with van der Waals surface area (Å²) in [6.07, 6.45) is 8.14. The van der Waals surface area contributed by atoms with Gasteiger partial charge in [0.1, 0.15) is 5.69 Å². The van der Waals surface area contributed by atoms with Gasteiger partial charge < -0.3 is 9.88 Å². The second kappa shape index (κ2) is 7.87. The van der Waals surface area contributed by atoms with Crippen molar-refractivity contribution in [3.8, 4) is 11.1 Å². The Hall–Kier alpha value is -3.41. The zero-order valence-corrected chi connectivity index (χ0v) is 19.2. The van der Waals surface area contributed by atoms with Gasteiger partial charge in [-0.2, -0.15) is 5.10 Å². The van der Waals surface area contributed by atoms with E-state index in [9.17, 15) is 4.79 Å². The Bertz CT molecular complexity index is 1330. The summed E-state index contributed by atoms with van der Waals surface area (Å²) in [5.74, 6) is 0.901. The second-order valence-electron chi connectivity index (χ2n) is 9.64. The molecule has 2 aliphatic rings. The van der Waals surface area contributed by atoms with Crippen molar-refractivity contribution in [3.05, 3.63) is 71.4 Å². The SMILES string of the molecule is Cc1ccc2[nH]c([C@H]3CCCN(C(=O)c4cc(C5CC5)nn4C)C3)c(-c3ccncc3)c2c1. The molecule has 4 heterocycles. The topological polar surface area (TPSA) is 66.8 Å². The first-order valence-corrected chi connectivity index (χ1v) is 11.9. The summed E-state index contributed by atoms with van der Waals surface area (Å²) in [7, 11) is 1.89. The molecule has 168 valence electrons. The first-order valence-electron chi connectivity index (χ1n) is 11.9.